The van der Waals surface area contributed by atoms with Crippen molar-refractivity contribution in [3.63, 3.8) is 0 Å². The lowest BCUT2D eigenvalue weighted by molar-refractivity contribution is 0.179. The number of nitrogens with zero attached hydrogens (tertiary/aromatic N) is 4. The Hall–Kier alpha value is -3.62. The van der Waals surface area contributed by atoms with E-state index in [4.69, 9.17) is 15.2 Å². The van der Waals surface area contributed by atoms with E-state index in [1.807, 2.05) is 5.94 Å². The zero-order valence-corrected chi connectivity index (χ0v) is 17.8. The van der Waals surface area contributed by atoms with Crippen LogP contribution < -0.4 is 15.8 Å². The van der Waals surface area contributed by atoms with E-state index in [0.717, 1.165) is 19.6 Å². The molecule has 32 heavy (non-hydrogen) atoms. The van der Waals surface area contributed by atoms with Crippen molar-refractivity contribution in [1.82, 2.24) is 19.7 Å². The Morgan fingerprint density at radius 2 is 2.16 bits per heavy atom. The molecule has 1 saturated heterocycles. The predicted octanol–water partition coefficient (Wildman–Crippen LogP) is 2.10. The fourth-order valence-electron chi connectivity index (χ4n) is 3.69. The maximum absolute atomic E-state index is 14.0. The third kappa shape index (κ3) is 4.82. The first-order chi connectivity index (χ1) is 15.6. The highest BCUT2D eigenvalue weighted by Gasteiger charge is 2.20. The van der Waals surface area contributed by atoms with Gasteiger partial charge in [0.05, 0.1) is 24.4 Å². The molecule has 1 aromatic heterocycles. The van der Waals surface area contributed by atoms with Crippen molar-refractivity contribution in [1.29, 1.82) is 0 Å². The van der Waals surface area contributed by atoms with E-state index < -0.39 is 11.9 Å². The number of anilines is 2. The topological polar surface area (TPSA) is 108 Å². The van der Waals surface area contributed by atoms with Crippen molar-refractivity contribution < 1.29 is 18.7 Å². The normalized spacial score (nSPS) is 18.4. The third-order valence-corrected chi connectivity index (χ3v) is 5.38. The molecule has 0 spiro atoms. The van der Waals surface area contributed by atoms with Gasteiger partial charge in [0.25, 0.3) is 0 Å². The van der Waals surface area contributed by atoms with Crippen LogP contribution in [0.4, 0.5) is 16.3 Å². The highest BCUT2D eigenvalue weighted by atomic mass is 19.1. The SMILES string of the molecule is COc1ccc(-n2nc(NC3C=CC(OCCN4CCCC4)=CC3=C=O)nc2N)cc1F. The molecule has 1 aromatic carbocycles. The fourth-order valence-corrected chi connectivity index (χ4v) is 3.69. The third-order valence-electron chi connectivity index (χ3n) is 5.38. The van der Waals surface area contributed by atoms with Gasteiger partial charge in [-0.15, -0.1) is 5.10 Å². The van der Waals surface area contributed by atoms with Crippen LogP contribution in [-0.2, 0) is 9.53 Å². The molecule has 1 atom stereocenters. The van der Waals surface area contributed by atoms with Crippen LogP contribution in [0.1, 0.15) is 12.8 Å². The van der Waals surface area contributed by atoms with Crippen LogP contribution in [0.2, 0.25) is 0 Å². The first kappa shape index (κ1) is 21.6. The molecule has 9 nitrogen and oxygen atoms in total. The molecule has 1 aliphatic carbocycles. The summed E-state index contributed by atoms with van der Waals surface area (Å²) in [7, 11) is 1.39. The van der Waals surface area contributed by atoms with Gasteiger partial charge in [-0.2, -0.15) is 9.67 Å². The number of likely N-dealkylation sites (tertiary alicyclic amines) is 1. The number of aromatic nitrogens is 3. The van der Waals surface area contributed by atoms with Gasteiger partial charge in [0.1, 0.15) is 18.3 Å². The summed E-state index contributed by atoms with van der Waals surface area (Å²) in [4.78, 5) is 18.0. The number of benzene rings is 1. The van der Waals surface area contributed by atoms with E-state index in [1.165, 1.54) is 36.8 Å². The molecule has 10 heteroatoms. The zero-order valence-electron chi connectivity index (χ0n) is 17.8. The number of nitrogen functional groups attached to an aromatic ring is 1. The lowest BCUT2D eigenvalue weighted by atomic mass is 10.0. The molecule has 2 aliphatic rings. The molecule has 0 saturated carbocycles. The highest BCUT2D eigenvalue weighted by Crippen LogP contribution is 2.23. The number of nitrogens with one attached hydrogen (secondary N) is 1. The standard InChI is InChI=1S/C22H25FN6O3/c1-31-20-7-4-16(13-18(20)23)29-21(24)26-22(27-29)25-19-6-5-17(12-15(19)14-30)32-11-10-28-8-2-3-9-28/h4-7,12-13,19H,2-3,8-11H2,1H3,(H3,24,25,26,27). The van der Waals surface area contributed by atoms with Crippen LogP contribution >= 0.6 is 0 Å². The van der Waals surface area contributed by atoms with E-state index in [1.54, 1.807) is 24.3 Å². The average molecular weight is 440 g/mol. The molecule has 3 N–H and O–H groups in total. The van der Waals surface area contributed by atoms with E-state index in [2.05, 4.69) is 20.3 Å². The van der Waals surface area contributed by atoms with Crippen LogP contribution in [0, 0.1) is 5.82 Å². The number of methoxy groups -OCH3 is 1. The van der Waals surface area contributed by atoms with Gasteiger partial charge >= 0.3 is 0 Å². The summed E-state index contributed by atoms with van der Waals surface area (Å²) in [5.74, 6) is 2.37. The number of allylic oxidation sites excluding steroid dienone is 1. The number of hydrogen-bond acceptors (Lipinski definition) is 8. The average Bonchev–Trinajstić information content (AvgIpc) is 3.44. The Labute approximate surface area is 185 Å². The molecule has 1 aliphatic heterocycles. The van der Waals surface area contributed by atoms with Crippen LogP contribution in [0.5, 0.6) is 5.75 Å². The summed E-state index contributed by atoms with van der Waals surface area (Å²) < 4.78 is 26.1. The minimum atomic E-state index is -0.543. The second kappa shape index (κ2) is 9.67. The molecule has 2 heterocycles. The molecule has 2 aromatic rings. The van der Waals surface area contributed by atoms with E-state index >= 15 is 0 Å². The maximum Gasteiger partial charge on any atom is 0.245 e. The summed E-state index contributed by atoms with van der Waals surface area (Å²) >= 11 is 0. The Kier molecular flexibility index (Phi) is 6.53. The van der Waals surface area contributed by atoms with Crippen molar-refractivity contribution in [2.45, 2.75) is 18.9 Å². The van der Waals surface area contributed by atoms with Crippen molar-refractivity contribution in [2.75, 3.05) is 44.4 Å². The van der Waals surface area contributed by atoms with Gasteiger partial charge in [0.2, 0.25) is 11.9 Å². The van der Waals surface area contributed by atoms with E-state index in [9.17, 15) is 9.18 Å². The van der Waals surface area contributed by atoms with Gasteiger partial charge < -0.3 is 20.5 Å². The summed E-state index contributed by atoms with van der Waals surface area (Å²) in [5, 5.41) is 7.31. The molecule has 0 radical (unpaired) electrons. The van der Waals surface area contributed by atoms with Gasteiger partial charge in [-0.1, -0.05) is 6.08 Å². The summed E-state index contributed by atoms with van der Waals surface area (Å²) in [6.45, 7) is 3.63. The molecule has 168 valence electrons. The molecule has 1 fully saturated rings. The van der Waals surface area contributed by atoms with Crippen LogP contribution in [0.3, 0.4) is 0 Å². The van der Waals surface area contributed by atoms with Gasteiger partial charge in [0.15, 0.2) is 11.6 Å². The number of rotatable bonds is 8. The van der Waals surface area contributed by atoms with Crippen molar-refractivity contribution in [3.8, 4) is 11.4 Å². The molecular weight excluding hydrogens is 415 g/mol. The second-order valence-electron chi connectivity index (χ2n) is 7.51. The summed E-state index contributed by atoms with van der Waals surface area (Å²) in [6, 6.07) is 3.84. The van der Waals surface area contributed by atoms with Gasteiger partial charge in [0, 0.05) is 12.6 Å². The number of hydrogen-bond donors (Lipinski definition) is 2. The Balaban J connectivity index is 1.40. The highest BCUT2D eigenvalue weighted by molar-refractivity contribution is 5.65. The quantitative estimate of drug-likeness (QED) is 0.601. The minimum Gasteiger partial charge on any atom is -0.494 e. The lowest BCUT2D eigenvalue weighted by Gasteiger charge is -2.19. The van der Waals surface area contributed by atoms with Crippen molar-refractivity contribution >= 4 is 17.8 Å². The van der Waals surface area contributed by atoms with Crippen LogP contribution in [-0.4, -0.2) is 65.0 Å². The number of ether oxygens (including phenoxy) is 2. The molecule has 0 amide bonds. The van der Waals surface area contributed by atoms with Gasteiger partial charge in [-0.3, -0.25) is 4.90 Å². The molecule has 1 unspecified atom stereocenters. The van der Waals surface area contributed by atoms with Crippen LogP contribution in [0.15, 0.2) is 47.8 Å². The van der Waals surface area contributed by atoms with Crippen LogP contribution in [0.25, 0.3) is 5.69 Å². The second-order valence-corrected chi connectivity index (χ2v) is 7.51. The van der Waals surface area contributed by atoms with E-state index in [0.29, 0.717) is 23.6 Å². The minimum absolute atomic E-state index is 0.0648. The first-order valence-corrected chi connectivity index (χ1v) is 10.4. The Morgan fingerprint density at radius 3 is 2.88 bits per heavy atom. The van der Waals surface area contributed by atoms with Gasteiger partial charge in [-0.05, 0) is 50.2 Å². The van der Waals surface area contributed by atoms with Crippen molar-refractivity contribution in [2.24, 2.45) is 0 Å². The fraction of sp³-hybridized carbons (Fsp3) is 0.364. The maximum atomic E-state index is 14.0. The largest absolute Gasteiger partial charge is 0.494 e. The van der Waals surface area contributed by atoms with Crippen molar-refractivity contribution in [3.05, 3.63) is 53.6 Å². The Morgan fingerprint density at radius 1 is 1.34 bits per heavy atom. The summed E-state index contributed by atoms with van der Waals surface area (Å²) in [5.41, 5.74) is 6.70. The summed E-state index contributed by atoms with van der Waals surface area (Å²) in [6.07, 6.45) is 7.68. The monoisotopic (exact) mass is 440 g/mol. The van der Waals surface area contributed by atoms with Gasteiger partial charge in [-0.25, -0.2) is 9.18 Å². The number of halogens is 1. The lowest BCUT2D eigenvalue weighted by Crippen LogP contribution is -2.25. The number of carbonyl (C=O) groups excluding carboxylic acids is 1. The smallest absolute Gasteiger partial charge is 0.245 e. The predicted molar refractivity (Wildman–Crippen MR) is 118 cm³/mol. The van der Waals surface area contributed by atoms with E-state index in [-0.39, 0.29) is 17.6 Å². The number of nitrogens with two attached hydrogens (primary N) is 1. The molecular formula is C22H25FN6O3. The Bertz CT molecular complexity index is 1080. The molecule has 4 rings (SSSR count). The zero-order chi connectivity index (χ0) is 22.5. The first-order valence-electron chi connectivity index (χ1n) is 10.4. The molecule has 0 bridgehead atoms.